The van der Waals surface area contributed by atoms with E-state index in [4.69, 9.17) is 14.2 Å². The summed E-state index contributed by atoms with van der Waals surface area (Å²) in [6, 6.07) is 0. The molecule has 13 atom stereocenters. The van der Waals surface area contributed by atoms with Gasteiger partial charge in [0.25, 0.3) is 0 Å². The summed E-state index contributed by atoms with van der Waals surface area (Å²) in [6.07, 6.45) is -1.11. The molecule has 8 heteroatoms. The molecule has 3 N–H and O–H groups in total. The zero-order valence-electron chi connectivity index (χ0n) is 23.7. The van der Waals surface area contributed by atoms with Gasteiger partial charge in [-0.15, -0.1) is 0 Å². The van der Waals surface area contributed by atoms with Crippen molar-refractivity contribution in [3.8, 4) is 0 Å². The number of esters is 1. The second-order valence-electron chi connectivity index (χ2n) is 12.0. The first-order chi connectivity index (χ1) is 16.6. The average Bonchev–Trinajstić information content (AvgIpc) is 2.81. The van der Waals surface area contributed by atoms with Gasteiger partial charge in [0.2, 0.25) is 0 Å². The molecule has 3 unspecified atom stereocenters. The normalized spacial score (nSPS) is 48.2. The van der Waals surface area contributed by atoms with Crippen LogP contribution in [0.1, 0.15) is 88.0 Å². The zero-order chi connectivity index (χ0) is 27.5. The van der Waals surface area contributed by atoms with E-state index in [0.717, 1.165) is 17.1 Å². The summed E-state index contributed by atoms with van der Waals surface area (Å²) in [7, 11) is 0. The Morgan fingerprint density at radius 3 is 2.17 bits per heavy atom. The Morgan fingerprint density at radius 2 is 1.61 bits per heavy atom. The van der Waals surface area contributed by atoms with Crippen LogP contribution in [-0.4, -0.2) is 67.9 Å². The Labute approximate surface area is 227 Å². The molecular weight excluding hydrogens is 499 g/mol. The van der Waals surface area contributed by atoms with Gasteiger partial charge in [0, 0.05) is 0 Å². The number of ether oxygens (including phenoxy) is 3. The van der Waals surface area contributed by atoms with Gasteiger partial charge in [-0.25, -0.2) is 0 Å². The maximum atomic E-state index is 13.4. The minimum absolute atomic E-state index is 0.0225. The SMILES string of the molecule is CC[C@H]1OC(=O)C(C)C(O[C@H]2C[C@H](C)[C@@H](O)[C@H](C)O2)C(C)C[C@@H](C)C[C@@H](C)[C](=[V])[C@H](C)[C@@H](O)[C@]1(C)O. The van der Waals surface area contributed by atoms with Gasteiger partial charge in [0.15, 0.2) is 0 Å². The molecule has 2 heterocycles. The summed E-state index contributed by atoms with van der Waals surface area (Å²) in [4.78, 5) is 13.4. The van der Waals surface area contributed by atoms with Crippen molar-refractivity contribution >= 4 is 10.2 Å². The molecule has 0 aromatic rings. The first-order valence-corrected chi connectivity index (χ1v) is 14.5. The zero-order valence-corrected chi connectivity index (χ0v) is 25.1. The average molecular weight is 550 g/mol. The number of carbonyl (C=O) groups excluding carboxylic acids is 1. The molecule has 0 radical (unpaired) electrons. The van der Waals surface area contributed by atoms with Crippen LogP contribution in [0.15, 0.2) is 0 Å². The molecule has 0 aromatic carbocycles. The van der Waals surface area contributed by atoms with Crippen LogP contribution in [0.25, 0.3) is 0 Å². The van der Waals surface area contributed by atoms with E-state index in [1.807, 2.05) is 34.6 Å². The third kappa shape index (κ3) is 7.43. The first-order valence-electron chi connectivity index (χ1n) is 13.8. The monoisotopic (exact) mass is 549 g/mol. The predicted molar refractivity (Wildman–Crippen MR) is 136 cm³/mol. The van der Waals surface area contributed by atoms with Gasteiger partial charge in [0.05, 0.1) is 0 Å². The molecule has 209 valence electrons. The van der Waals surface area contributed by atoms with Crippen LogP contribution in [0.4, 0.5) is 0 Å². The Kier molecular flexibility index (Phi) is 11.7. The molecule has 0 aliphatic carbocycles. The van der Waals surface area contributed by atoms with Gasteiger partial charge in [-0.2, -0.15) is 0 Å². The van der Waals surface area contributed by atoms with E-state index in [0.29, 0.717) is 18.8 Å². The Morgan fingerprint density at radius 1 is 1.00 bits per heavy atom. The van der Waals surface area contributed by atoms with Gasteiger partial charge >= 0.3 is 222 Å². The quantitative estimate of drug-likeness (QED) is 0.462. The van der Waals surface area contributed by atoms with Crippen LogP contribution in [-0.2, 0) is 36.0 Å². The Balaban J connectivity index is 2.38. The fourth-order valence-corrected chi connectivity index (χ4v) is 6.57. The van der Waals surface area contributed by atoms with Gasteiger partial charge in [-0.3, -0.25) is 0 Å². The fraction of sp³-hybridized carbons (Fsp3) is 0.929. The maximum absolute atomic E-state index is 13.4. The van der Waals surface area contributed by atoms with Crippen LogP contribution in [0.2, 0.25) is 0 Å². The molecule has 0 spiro atoms. The number of rotatable bonds is 3. The number of cyclic esters (lactones) is 1. The molecule has 2 rings (SSSR count). The molecule has 7 nitrogen and oxygen atoms in total. The summed E-state index contributed by atoms with van der Waals surface area (Å²) in [5, 5.41) is 32.9. The standard InChI is InChI=1S/C28H50O7.V/c1-10-22-28(9,32)26(30)19(6)13-16(3)11-15(2)12-18(5)25(20(7)27(31)34-22)35-23-14-17(4)24(29)21(8)33-23;/h15-26,29-30,32H,10-12,14H2,1-9H3;/t15-,16+,17-,18?,19-,20?,21-,22+,23-,24+,25?,26+,28+;/m0./s1. The summed E-state index contributed by atoms with van der Waals surface area (Å²) >= 11 is 2.60. The number of carbonyl (C=O) groups is 1. The van der Waals surface area contributed by atoms with Crippen molar-refractivity contribution in [3.63, 3.8) is 0 Å². The molecule has 2 fully saturated rings. The fourth-order valence-electron chi connectivity index (χ4n) is 6.18. The molecule has 36 heavy (non-hydrogen) atoms. The molecular formula is C28H50O7V. The molecule has 0 bridgehead atoms. The van der Waals surface area contributed by atoms with E-state index in [1.54, 1.807) is 6.92 Å². The van der Waals surface area contributed by atoms with Crippen LogP contribution >= 0.6 is 0 Å². The van der Waals surface area contributed by atoms with Crippen molar-refractivity contribution in [1.29, 1.82) is 0 Å². The van der Waals surface area contributed by atoms with E-state index in [2.05, 4.69) is 37.8 Å². The van der Waals surface area contributed by atoms with Gasteiger partial charge in [-0.1, -0.05) is 0 Å². The summed E-state index contributed by atoms with van der Waals surface area (Å²) in [6.45, 7) is 17.4. The van der Waals surface area contributed by atoms with Crippen LogP contribution in [0.5, 0.6) is 0 Å². The first kappa shape index (κ1) is 31.9. The topological polar surface area (TPSA) is 105 Å². The van der Waals surface area contributed by atoms with Crippen molar-refractivity contribution < 1.29 is 51.3 Å². The van der Waals surface area contributed by atoms with E-state index >= 15 is 0 Å². The van der Waals surface area contributed by atoms with Crippen molar-refractivity contribution in [2.45, 2.75) is 130 Å². The van der Waals surface area contributed by atoms with Gasteiger partial charge in [-0.05, 0) is 0 Å². The van der Waals surface area contributed by atoms with Crippen molar-refractivity contribution in [2.24, 2.45) is 35.5 Å². The predicted octanol–water partition coefficient (Wildman–Crippen LogP) is 3.63. The van der Waals surface area contributed by atoms with Gasteiger partial charge in [0.1, 0.15) is 0 Å². The molecule has 2 saturated heterocycles. The van der Waals surface area contributed by atoms with E-state index in [1.165, 1.54) is 0 Å². The molecule has 2 aliphatic heterocycles. The van der Waals surface area contributed by atoms with Gasteiger partial charge < -0.3 is 5.11 Å². The number of hydrogen-bond donors (Lipinski definition) is 3. The molecule has 0 amide bonds. The van der Waals surface area contributed by atoms with Crippen LogP contribution in [0.3, 0.4) is 0 Å². The van der Waals surface area contributed by atoms with Crippen molar-refractivity contribution in [1.82, 2.24) is 0 Å². The summed E-state index contributed by atoms with van der Waals surface area (Å²) < 4.78 is 19.4. The third-order valence-electron chi connectivity index (χ3n) is 8.58. The second kappa shape index (κ2) is 13.2. The number of hydrogen-bond acceptors (Lipinski definition) is 7. The van der Waals surface area contributed by atoms with Crippen LogP contribution in [0, 0.1) is 35.5 Å². The molecule has 0 saturated carbocycles. The number of aliphatic hydroxyl groups excluding tert-OH is 2. The van der Waals surface area contributed by atoms with E-state index in [9.17, 15) is 20.1 Å². The Hall–Kier alpha value is -0.276. The summed E-state index contributed by atoms with van der Waals surface area (Å²) in [5.74, 6) is -0.659. The second-order valence-corrected chi connectivity index (χ2v) is 12.8. The molecule has 0 aromatic heterocycles. The van der Waals surface area contributed by atoms with E-state index < -0.39 is 48.2 Å². The molecule has 2 aliphatic rings. The van der Waals surface area contributed by atoms with Crippen LogP contribution < -0.4 is 0 Å². The number of aliphatic hydroxyl groups is 3. The van der Waals surface area contributed by atoms with Crippen molar-refractivity contribution in [2.75, 3.05) is 0 Å². The minimum atomic E-state index is -1.61. The van der Waals surface area contributed by atoms with Crippen molar-refractivity contribution in [3.05, 3.63) is 0 Å². The summed E-state index contributed by atoms with van der Waals surface area (Å²) in [5.41, 5.74) is -1.61. The third-order valence-corrected chi connectivity index (χ3v) is 9.91. The Bertz CT molecular complexity index is 731. The van der Waals surface area contributed by atoms with E-state index in [-0.39, 0.29) is 29.8 Å².